The number of morpholine rings is 1. The van der Waals surface area contributed by atoms with E-state index < -0.39 is 0 Å². The van der Waals surface area contributed by atoms with Crippen molar-refractivity contribution in [1.82, 2.24) is 14.8 Å². The average molecular weight is 380 g/mol. The average Bonchev–Trinajstić information content (AvgIpc) is 2.73. The van der Waals surface area contributed by atoms with Gasteiger partial charge in [-0.3, -0.25) is 9.88 Å². The van der Waals surface area contributed by atoms with E-state index in [1.165, 1.54) is 11.1 Å². The Bertz CT molecular complexity index is 713. The highest BCUT2D eigenvalue weighted by Gasteiger charge is 2.41. The van der Waals surface area contributed by atoms with Crippen molar-refractivity contribution in [2.45, 2.75) is 44.3 Å². The number of ether oxygens (including phenoxy) is 1. The van der Waals surface area contributed by atoms with Crippen molar-refractivity contribution >= 4 is 0 Å². The summed E-state index contributed by atoms with van der Waals surface area (Å²) in [6.07, 6.45) is 8.66. The lowest BCUT2D eigenvalue weighted by Gasteiger charge is -2.49. The highest BCUT2D eigenvalue weighted by Crippen LogP contribution is 2.32. The first-order chi connectivity index (χ1) is 13.7. The summed E-state index contributed by atoms with van der Waals surface area (Å²) in [5.41, 5.74) is 2.81. The van der Waals surface area contributed by atoms with Gasteiger partial charge < -0.3 is 9.64 Å². The van der Waals surface area contributed by atoms with Gasteiger partial charge in [-0.2, -0.15) is 0 Å². The molecule has 1 aromatic carbocycles. The Morgan fingerprint density at radius 3 is 2.43 bits per heavy atom. The van der Waals surface area contributed by atoms with Crippen LogP contribution >= 0.6 is 0 Å². The van der Waals surface area contributed by atoms with E-state index >= 15 is 0 Å². The van der Waals surface area contributed by atoms with Gasteiger partial charge in [-0.25, -0.2) is 0 Å². The summed E-state index contributed by atoms with van der Waals surface area (Å²) in [5, 5.41) is 0. The van der Waals surface area contributed by atoms with E-state index in [0.29, 0.717) is 6.10 Å². The topological polar surface area (TPSA) is 28.6 Å². The molecule has 1 unspecified atom stereocenters. The first-order valence-electron chi connectivity index (χ1n) is 10.8. The molecular weight excluding hydrogens is 346 g/mol. The monoisotopic (exact) mass is 379 g/mol. The number of aromatic nitrogens is 1. The van der Waals surface area contributed by atoms with E-state index in [4.69, 9.17) is 4.74 Å². The predicted molar refractivity (Wildman–Crippen MR) is 113 cm³/mol. The van der Waals surface area contributed by atoms with Crippen LogP contribution in [0.1, 0.15) is 30.9 Å². The lowest BCUT2D eigenvalue weighted by atomic mass is 9.88. The summed E-state index contributed by atoms with van der Waals surface area (Å²) in [5.74, 6) is 0. The first-order valence-corrected chi connectivity index (χ1v) is 10.8. The third kappa shape index (κ3) is 5.19. The second-order valence-corrected chi connectivity index (χ2v) is 8.54. The van der Waals surface area contributed by atoms with Crippen molar-refractivity contribution in [1.29, 1.82) is 0 Å². The fourth-order valence-corrected chi connectivity index (χ4v) is 4.73. The number of benzene rings is 1. The molecule has 0 N–H and O–H groups in total. The van der Waals surface area contributed by atoms with E-state index in [2.05, 4.69) is 58.1 Å². The summed E-state index contributed by atoms with van der Waals surface area (Å²) < 4.78 is 6.53. The van der Waals surface area contributed by atoms with Crippen LogP contribution in [0.4, 0.5) is 0 Å². The zero-order chi connectivity index (χ0) is 19.2. The largest absolute Gasteiger partial charge is 0.369 e. The van der Waals surface area contributed by atoms with Crippen LogP contribution in [-0.2, 0) is 17.6 Å². The standard InChI is InChI=1S/C24H33N3O/c1-21-19-27(15-10-23-8-5-13-25-18-23)20-24(28-21)11-16-26(17-12-24)14-9-22-6-3-2-4-7-22/h2-8,13,18,21H,9-12,14-17,19-20H2,1H3. The number of piperidine rings is 1. The molecule has 1 spiro atoms. The number of nitrogens with zero attached hydrogens (tertiary/aromatic N) is 3. The molecule has 2 aromatic rings. The molecule has 2 fully saturated rings. The molecule has 0 saturated carbocycles. The summed E-state index contributed by atoms with van der Waals surface area (Å²) in [7, 11) is 0. The van der Waals surface area contributed by atoms with Gasteiger partial charge in [0, 0.05) is 51.7 Å². The van der Waals surface area contributed by atoms with Crippen molar-refractivity contribution in [3.05, 3.63) is 66.0 Å². The van der Waals surface area contributed by atoms with E-state index in [9.17, 15) is 0 Å². The van der Waals surface area contributed by atoms with Crippen molar-refractivity contribution in [2.24, 2.45) is 0 Å². The van der Waals surface area contributed by atoms with Gasteiger partial charge in [0.2, 0.25) is 0 Å². The maximum Gasteiger partial charge on any atom is 0.0837 e. The molecule has 3 heterocycles. The molecule has 0 amide bonds. The van der Waals surface area contributed by atoms with Crippen molar-refractivity contribution in [2.75, 3.05) is 39.3 Å². The minimum atomic E-state index is 0.0514. The van der Waals surface area contributed by atoms with E-state index in [1.807, 2.05) is 18.5 Å². The molecule has 2 aliphatic heterocycles. The Hall–Kier alpha value is -1.75. The minimum Gasteiger partial charge on any atom is -0.369 e. The minimum absolute atomic E-state index is 0.0514. The lowest BCUT2D eigenvalue weighted by molar-refractivity contribution is -0.169. The molecule has 4 heteroatoms. The summed E-state index contributed by atoms with van der Waals surface area (Å²) in [6.45, 7) is 8.90. The van der Waals surface area contributed by atoms with E-state index in [-0.39, 0.29) is 5.60 Å². The molecule has 1 aromatic heterocycles. The number of rotatable bonds is 6. The molecule has 150 valence electrons. The highest BCUT2D eigenvalue weighted by atomic mass is 16.5. The fraction of sp³-hybridized carbons (Fsp3) is 0.542. The van der Waals surface area contributed by atoms with Crippen molar-refractivity contribution < 1.29 is 4.74 Å². The van der Waals surface area contributed by atoms with Gasteiger partial charge >= 0.3 is 0 Å². The maximum absolute atomic E-state index is 6.53. The van der Waals surface area contributed by atoms with Crippen LogP contribution in [0.3, 0.4) is 0 Å². The SMILES string of the molecule is CC1CN(CCc2cccnc2)CC2(CCN(CCc3ccccc3)CC2)O1. The maximum atomic E-state index is 6.53. The molecule has 4 rings (SSSR count). The quantitative estimate of drug-likeness (QED) is 0.769. The van der Waals surface area contributed by atoms with Gasteiger partial charge in [-0.15, -0.1) is 0 Å². The Morgan fingerprint density at radius 2 is 1.68 bits per heavy atom. The zero-order valence-electron chi connectivity index (χ0n) is 17.1. The zero-order valence-corrected chi connectivity index (χ0v) is 17.1. The molecule has 2 saturated heterocycles. The molecule has 0 aliphatic carbocycles. The number of pyridine rings is 1. The van der Waals surface area contributed by atoms with Crippen LogP contribution in [0.5, 0.6) is 0 Å². The van der Waals surface area contributed by atoms with Gasteiger partial charge in [0.25, 0.3) is 0 Å². The van der Waals surface area contributed by atoms with Crippen LogP contribution in [0.2, 0.25) is 0 Å². The number of hydrogen-bond acceptors (Lipinski definition) is 4. The van der Waals surface area contributed by atoms with Gasteiger partial charge in [-0.05, 0) is 49.8 Å². The van der Waals surface area contributed by atoms with Gasteiger partial charge in [0.15, 0.2) is 0 Å². The number of likely N-dealkylation sites (tertiary alicyclic amines) is 1. The van der Waals surface area contributed by atoms with Gasteiger partial charge in [-0.1, -0.05) is 36.4 Å². The molecule has 2 aliphatic rings. The Balaban J connectivity index is 1.27. The smallest absolute Gasteiger partial charge is 0.0837 e. The summed E-state index contributed by atoms with van der Waals surface area (Å²) >= 11 is 0. The summed E-state index contributed by atoms with van der Waals surface area (Å²) in [6, 6.07) is 15.0. The fourth-order valence-electron chi connectivity index (χ4n) is 4.73. The lowest BCUT2D eigenvalue weighted by Crippen LogP contribution is -2.59. The van der Waals surface area contributed by atoms with Crippen molar-refractivity contribution in [3.63, 3.8) is 0 Å². The molecule has 28 heavy (non-hydrogen) atoms. The second-order valence-electron chi connectivity index (χ2n) is 8.54. The highest BCUT2D eigenvalue weighted by molar-refractivity contribution is 5.15. The van der Waals surface area contributed by atoms with E-state index in [0.717, 1.165) is 65.0 Å². The number of hydrogen-bond donors (Lipinski definition) is 0. The second kappa shape index (κ2) is 9.17. The van der Waals surface area contributed by atoms with Crippen molar-refractivity contribution in [3.8, 4) is 0 Å². The molecule has 0 bridgehead atoms. The molecule has 1 atom stereocenters. The van der Waals surface area contributed by atoms with Crippen LogP contribution in [0, 0.1) is 0 Å². The first kappa shape index (κ1) is 19.6. The Kier molecular flexibility index (Phi) is 6.40. The molecule has 4 nitrogen and oxygen atoms in total. The Labute approximate surface area is 169 Å². The molecule has 0 radical (unpaired) electrons. The Morgan fingerprint density at radius 1 is 0.964 bits per heavy atom. The third-order valence-electron chi connectivity index (χ3n) is 6.24. The molecular formula is C24H33N3O. The van der Waals surface area contributed by atoms with Gasteiger partial charge in [0.05, 0.1) is 11.7 Å². The third-order valence-corrected chi connectivity index (χ3v) is 6.24. The van der Waals surface area contributed by atoms with Crippen LogP contribution in [-0.4, -0.2) is 65.8 Å². The summed E-state index contributed by atoms with van der Waals surface area (Å²) in [4.78, 5) is 9.47. The van der Waals surface area contributed by atoms with Crippen LogP contribution in [0.25, 0.3) is 0 Å². The van der Waals surface area contributed by atoms with Crippen LogP contribution in [0.15, 0.2) is 54.9 Å². The predicted octanol–water partition coefficient (Wildman–Crippen LogP) is 3.42. The van der Waals surface area contributed by atoms with Crippen LogP contribution < -0.4 is 0 Å². The normalized spacial score (nSPS) is 23.1. The van der Waals surface area contributed by atoms with E-state index in [1.54, 1.807) is 0 Å². The van der Waals surface area contributed by atoms with Gasteiger partial charge in [0.1, 0.15) is 0 Å².